The molecule has 1 fully saturated rings. The summed E-state index contributed by atoms with van der Waals surface area (Å²) in [5, 5.41) is 13.5. The molecule has 21 heavy (non-hydrogen) atoms. The lowest BCUT2D eigenvalue weighted by molar-refractivity contribution is 0.0699. The zero-order valence-electron chi connectivity index (χ0n) is 12.3. The number of piperazine rings is 1. The van der Waals surface area contributed by atoms with Crippen LogP contribution in [0.4, 0.5) is 5.82 Å². The maximum atomic E-state index is 11.6. The summed E-state index contributed by atoms with van der Waals surface area (Å²) in [7, 11) is 0. The topological polar surface area (TPSA) is 65.5 Å². The summed E-state index contributed by atoms with van der Waals surface area (Å²) >= 11 is 0. The van der Waals surface area contributed by atoms with Crippen LogP contribution < -0.4 is 10.2 Å². The first kappa shape index (κ1) is 13.8. The molecule has 2 aromatic rings. The van der Waals surface area contributed by atoms with Crippen LogP contribution in [0.25, 0.3) is 10.9 Å². The minimum Gasteiger partial charge on any atom is -0.478 e. The van der Waals surface area contributed by atoms with Gasteiger partial charge in [-0.25, -0.2) is 9.78 Å². The van der Waals surface area contributed by atoms with Crippen molar-refractivity contribution in [2.45, 2.75) is 13.8 Å². The Bertz CT molecular complexity index is 706. The third kappa shape index (κ3) is 2.56. The van der Waals surface area contributed by atoms with Gasteiger partial charge in [0.1, 0.15) is 5.82 Å². The molecule has 2 heterocycles. The highest BCUT2D eigenvalue weighted by molar-refractivity contribution is 6.04. The molecule has 2 N–H and O–H groups in total. The largest absolute Gasteiger partial charge is 0.478 e. The van der Waals surface area contributed by atoms with Crippen molar-refractivity contribution >= 4 is 22.7 Å². The average Bonchev–Trinajstić information content (AvgIpc) is 2.47. The van der Waals surface area contributed by atoms with Crippen LogP contribution in [0.1, 0.15) is 21.5 Å². The summed E-state index contributed by atoms with van der Waals surface area (Å²) in [6.07, 6.45) is 0. The Morgan fingerprint density at radius 2 is 1.95 bits per heavy atom. The van der Waals surface area contributed by atoms with Crippen LogP contribution in [0.2, 0.25) is 0 Å². The van der Waals surface area contributed by atoms with Gasteiger partial charge in [0.2, 0.25) is 0 Å². The number of carboxylic acid groups (broad SMARTS) is 1. The van der Waals surface area contributed by atoms with Crippen molar-refractivity contribution in [3.63, 3.8) is 0 Å². The lowest BCUT2D eigenvalue weighted by Gasteiger charge is -2.29. The van der Waals surface area contributed by atoms with Crippen LogP contribution in [0.5, 0.6) is 0 Å². The number of hydrogen-bond acceptors (Lipinski definition) is 4. The summed E-state index contributed by atoms with van der Waals surface area (Å²) in [4.78, 5) is 18.5. The molecule has 1 saturated heterocycles. The summed E-state index contributed by atoms with van der Waals surface area (Å²) in [5.74, 6) is -0.142. The van der Waals surface area contributed by atoms with Crippen LogP contribution in [0, 0.1) is 13.8 Å². The Morgan fingerprint density at radius 3 is 2.62 bits per heavy atom. The van der Waals surface area contributed by atoms with Crippen LogP contribution in [0.3, 0.4) is 0 Å². The van der Waals surface area contributed by atoms with Crippen LogP contribution in [-0.4, -0.2) is 42.2 Å². The molecule has 0 bridgehead atoms. The average molecular weight is 285 g/mol. The number of nitrogens with zero attached hydrogens (tertiary/aromatic N) is 2. The van der Waals surface area contributed by atoms with E-state index in [0.717, 1.165) is 54.0 Å². The second kappa shape index (κ2) is 5.33. The number of anilines is 1. The van der Waals surface area contributed by atoms with Gasteiger partial charge in [-0.3, -0.25) is 0 Å². The van der Waals surface area contributed by atoms with Gasteiger partial charge in [-0.1, -0.05) is 11.6 Å². The highest BCUT2D eigenvalue weighted by atomic mass is 16.4. The maximum absolute atomic E-state index is 11.6. The Kier molecular flexibility index (Phi) is 3.51. The first-order valence-corrected chi connectivity index (χ1v) is 7.17. The van der Waals surface area contributed by atoms with Crippen LogP contribution in [-0.2, 0) is 0 Å². The molecule has 1 aliphatic rings. The van der Waals surface area contributed by atoms with E-state index in [9.17, 15) is 9.90 Å². The van der Waals surface area contributed by atoms with E-state index in [1.54, 1.807) is 6.07 Å². The predicted octanol–water partition coefficient (Wildman–Crippen LogP) is 1.96. The van der Waals surface area contributed by atoms with Gasteiger partial charge >= 0.3 is 5.97 Å². The van der Waals surface area contributed by atoms with E-state index < -0.39 is 5.97 Å². The van der Waals surface area contributed by atoms with Crippen molar-refractivity contribution in [2.75, 3.05) is 31.1 Å². The quantitative estimate of drug-likeness (QED) is 0.883. The Hall–Kier alpha value is -2.14. The van der Waals surface area contributed by atoms with Gasteiger partial charge in [0.05, 0.1) is 11.1 Å². The zero-order chi connectivity index (χ0) is 15.0. The number of aryl methyl sites for hydroxylation is 2. The molecule has 0 spiro atoms. The number of benzene rings is 1. The van der Waals surface area contributed by atoms with Gasteiger partial charge in [0.25, 0.3) is 0 Å². The summed E-state index contributed by atoms with van der Waals surface area (Å²) < 4.78 is 0. The molecular formula is C16H19N3O2. The number of rotatable bonds is 2. The molecule has 0 aliphatic carbocycles. The first-order chi connectivity index (χ1) is 10.1. The molecule has 1 aromatic carbocycles. The van der Waals surface area contributed by atoms with Gasteiger partial charge in [0, 0.05) is 31.6 Å². The lowest BCUT2D eigenvalue weighted by Crippen LogP contribution is -2.44. The van der Waals surface area contributed by atoms with E-state index in [0.29, 0.717) is 5.56 Å². The monoisotopic (exact) mass is 285 g/mol. The molecule has 1 aromatic heterocycles. The van der Waals surface area contributed by atoms with E-state index >= 15 is 0 Å². The molecule has 0 atom stereocenters. The Balaban J connectivity index is 2.21. The molecule has 3 rings (SSSR count). The van der Waals surface area contributed by atoms with Crippen LogP contribution in [0.15, 0.2) is 18.2 Å². The van der Waals surface area contributed by atoms with Gasteiger partial charge in [-0.2, -0.15) is 0 Å². The number of aromatic carboxylic acids is 1. The number of hydrogen-bond donors (Lipinski definition) is 2. The van der Waals surface area contributed by atoms with Gasteiger partial charge in [-0.05, 0) is 31.5 Å². The number of carboxylic acids is 1. The number of nitrogens with one attached hydrogen (secondary N) is 1. The third-order valence-electron chi connectivity index (χ3n) is 3.91. The summed E-state index contributed by atoms with van der Waals surface area (Å²) in [5.41, 5.74) is 3.19. The summed E-state index contributed by atoms with van der Waals surface area (Å²) in [6, 6.07) is 5.65. The standard InChI is InChI=1S/C16H19N3O2/c1-10-7-11(2)15-12(8-10)13(16(20)21)9-14(18-15)19-5-3-17-4-6-19/h7-9,17H,3-6H2,1-2H3,(H,20,21). The highest BCUT2D eigenvalue weighted by Gasteiger charge is 2.18. The van der Waals surface area contributed by atoms with Gasteiger partial charge in [-0.15, -0.1) is 0 Å². The van der Waals surface area contributed by atoms with Crippen molar-refractivity contribution in [2.24, 2.45) is 0 Å². The van der Waals surface area contributed by atoms with E-state index in [1.807, 2.05) is 26.0 Å². The second-order valence-corrected chi connectivity index (χ2v) is 5.55. The fourth-order valence-electron chi connectivity index (χ4n) is 2.90. The SMILES string of the molecule is Cc1cc(C)c2nc(N3CCNCC3)cc(C(=O)O)c2c1. The molecule has 5 heteroatoms. The number of fused-ring (bicyclic) bond motifs is 1. The lowest BCUT2D eigenvalue weighted by atomic mass is 10.0. The molecule has 0 unspecified atom stereocenters. The minimum absolute atomic E-state index is 0.334. The number of pyridine rings is 1. The third-order valence-corrected chi connectivity index (χ3v) is 3.91. The normalized spacial score (nSPS) is 15.4. The number of carbonyl (C=O) groups is 1. The van der Waals surface area contributed by atoms with Crippen molar-refractivity contribution < 1.29 is 9.90 Å². The van der Waals surface area contributed by atoms with Gasteiger partial charge < -0.3 is 15.3 Å². The predicted molar refractivity (Wildman–Crippen MR) is 83.3 cm³/mol. The van der Waals surface area contributed by atoms with E-state index in [2.05, 4.69) is 10.2 Å². The van der Waals surface area contributed by atoms with Crippen molar-refractivity contribution in [3.8, 4) is 0 Å². The maximum Gasteiger partial charge on any atom is 0.336 e. The van der Waals surface area contributed by atoms with E-state index in [4.69, 9.17) is 4.98 Å². The molecule has 0 amide bonds. The molecule has 110 valence electrons. The van der Waals surface area contributed by atoms with Crippen molar-refractivity contribution in [3.05, 3.63) is 34.9 Å². The fraction of sp³-hybridized carbons (Fsp3) is 0.375. The molecule has 5 nitrogen and oxygen atoms in total. The second-order valence-electron chi connectivity index (χ2n) is 5.55. The Morgan fingerprint density at radius 1 is 1.24 bits per heavy atom. The van der Waals surface area contributed by atoms with E-state index in [1.165, 1.54) is 0 Å². The Labute approximate surface area is 123 Å². The zero-order valence-corrected chi connectivity index (χ0v) is 12.3. The minimum atomic E-state index is -0.899. The smallest absolute Gasteiger partial charge is 0.336 e. The molecule has 0 radical (unpaired) electrons. The van der Waals surface area contributed by atoms with Gasteiger partial charge in [0.15, 0.2) is 0 Å². The summed E-state index contributed by atoms with van der Waals surface area (Å²) in [6.45, 7) is 7.45. The van der Waals surface area contributed by atoms with Crippen molar-refractivity contribution in [1.82, 2.24) is 10.3 Å². The van der Waals surface area contributed by atoms with Crippen molar-refractivity contribution in [1.29, 1.82) is 0 Å². The number of aromatic nitrogens is 1. The van der Waals surface area contributed by atoms with E-state index in [-0.39, 0.29) is 0 Å². The highest BCUT2D eigenvalue weighted by Crippen LogP contribution is 2.27. The molecule has 0 saturated carbocycles. The molecule has 1 aliphatic heterocycles. The first-order valence-electron chi connectivity index (χ1n) is 7.17. The fourth-order valence-corrected chi connectivity index (χ4v) is 2.90. The molecular weight excluding hydrogens is 266 g/mol. The van der Waals surface area contributed by atoms with Crippen LogP contribution >= 0.6 is 0 Å².